The summed E-state index contributed by atoms with van der Waals surface area (Å²) >= 11 is 0. The zero-order valence-corrected chi connectivity index (χ0v) is 22.9. The third-order valence-corrected chi connectivity index (χ3v) is 9.58. The summed E-state index contributed by atoms with van der Waals surface area (Å²) in [6.45, 7) is 1.62. The molecule has 1 fully saturated rings. The zero-order valence-electron chi connectivity index (χ0n) is 21.1. The van der Waals surface area contributed by atoms with Gasteiger partial charge in [-0.25, -0.2) is 18.5 Å². The number of hydrogen-bond acceptors (Lipinski definition) is 8. The van der Waals surface area contributed by atoms with Crippen LogP contribution in [0.15, 0.2) is 47.4 Å². The van der Waals surface area contributed by atoms with Gasteiger partial charge in [0.05, 0.1) is 12.7 Å². The Labute approximate surface area is 220 Å². The van der Waals surface area contributed by atoms with Crippen molar-refractivity contribution in [2.75, 3.05) is 12.9 Å². The molecule has 0 unspecified atom stereocenters. The van der Waals surface area contributed by atoms with Gasteiger partial charge in [0.1, 0.15) is 5.75 Å². The zero-order chi connectivity index (χ0) is 28.1. The number of sulfone groups is 1. The Balaban J connectivity index is 1.57. The van der Waals surface area contributed by atoms with E-state index in [4.69, 9.17) is 24.3 Å². The molecule has 38 heavy (non-hydrogen) atoms. The summed E-state index contributed by atoms with van der Waals surface area (Å²) < 4.78 is 45.3. The lowest BCUT2D eigenvalue weighted by molar-refractivity contribution is -0.131. The van der Waals surface area contributed by atoms with Gasteiger partial charge in [-0.2, -0.15) is 0 Å². The molecule has 0 radical (unpaired) electrons. The Morgan fingerprint density at radius 1 is 1.13 bits per heavy atom. The maximum Gasteiger partial charge on any atom is 0.469 e. The van der Waals surface area contributed by atoms with Crippen LogP contribution < -0.4 is 15.8 Å². The largest absolute Gasteiger partial charge is 0.493 e. The Bertz CT molecular complexity index is 1330. The first-order valence-corrected chi connectivity index (χ1v) is 15.5. The van der Waals surface area contributed by atoms with E-state index in [2.05, 4.69) is 0 Å². The van der Waals surface area contributed by atoms with Crippen molar-refractivity contribution in [1.29, 1.82) is 0 Å². The number of aromatic nitrogens is 1. The fraction of sp³-hybridized carbons (Fsp3) is 0.500. The maximum absolute atomic E-state index is 12.7. The van der Waals surface area contributed by atoms with Crippen LogP contribution in [0.3, 0.4) is 0 Å². The SMILES string of the molecule is C[C@@](CCn1ccc(-c2ccc(OC[C@H]3CC[C@H](OP(=O)(O)O)CC3)cc2)cc1=O)(C(=O)NO)S(C)(=O)=O. The summed E-state index contributed by atoms with van der Waals surface area (Å²) in [5.41, 5.74) is 2.44. The van der Waals surface area contributed by atoms with Crippen molar-refractivity contribution in [3.63, 3.8) is 0 Å². The van der Waals surface area contributed by atoms with E-state index >= 15 is 0 Å². The smallest absolute Gasteiger partial charge is 0.469 e. The summed E-state index contributed by atoms with van der Waals surface area (Å²) in [5, 5.41) is 8.94. The van der Waals surface area contributed by atoms with Crippen LogP contribution in [0.5, 0.6) is 5.75 Å². The highest BCUT2D eigenvalue weighted by molar-refractivity contribution is 7.92. The molecular weight excluding hydrogens is 539 g/mol. The molecule has 1 aliphatic carbocycles. The average molecular weight is 573 g/mol. The van der Waals surface area contributed by atoms with Crippen molar-refractivity contribution >= 4 is 23.6 Å². The number of ether oxygens (including phenoxy) is 1. The molecule has 2 aromatic rings. The number of phosphoric ester groups is 1. The van der Waals surface area contributed by atoms with Crippen LogP contribution in [0.1, 0.15) is 39.0 Å². The molecule has 12 nitrogen and oxygen atoms in total. The lowest BCUT2D eigenvalue weighted by atomic mass is 9.88. The first-order chi connectivity index (χ1) is 17.7. The van der Waals surface area contributed by atoms with Crippen LogP contribution in [0.25, 0.3) is 11.1 Å². The summed E-state index contributed by atoms with van der Waals surface area (Å²) in [4.78, 5) is 42.5. The minimum Gasteiger partial charge on any atom is -0.493 e. The Hall–Kier alpha value is -2.54. The highest BCUT2D eigenvalue weighted by atomic mass is 32.2. The molecule has 14 heteroatoms. The molecule has 0 aliphatic heterocycles. The molecule has 210 valence electrons. The number of amides is 1. The molecule has 4 N–H and O–H groups in total. The first kappa shape index (κ1) is 30.0. The van der Waals surface area contributed by atoms with Gasteiger partial charge in [-0.15, -0.1) is 0 Å². The van der Waals surface area contributed by atoms with Crippen LogP contribution in [0, 0.1) is 5.92 Å². The molecule has 1 heterocycles. The van der Waals surface area contributed by atoms with Crippen molar-refractivity contribution < 1.29 is 42.0 Å². The van der Waals surface area contributed by atoms with Crippen LogP contribution >= 0.6 is 7.82 Å². The molecule has 1 saturated carbocycles. The maximum atomic E-state index is 12.7. The second-order valence-electron chi connectivity index (χ2n) is 9.72. The van der Waals surface area contributed by atoms with Crippen LogP contribution in [-0.2, 0) is 30.3 Å². The van der Waals surface area contributed by atoms with Gasteiger partial charge >= 0.3 is 7.82 Å². The first-order valence-electron chi connectivity index (χ1n) is 12.0. The number of hydroxylamine groups is 1. The third kappa shape index (κ3) is 7.75. The van der Waals surface area contributed by atoms with Gasteiger partial charge in [-0.3, -0.25) is 19.3 Å². The molecule has 1 aromatic heterocycles. The van der Waals surface area contributed by atoms with E-state index in [0.29, 0.717) is 30.8 Å². The van der Waals surface area contributed by atoms with Gasteiger partial charge in [0.25, 0.3) is 11.5 Å². The fourth-order valence-corrected chi connectivity index (χ4v) is 5.79. The second-order valence-corrected chi connectivity index (χ2v) is 13.4. The van der Waals surface area contributed by atoms with Gasteiger partial charge in [0.15, 0.2) is 14.6 Å². The summed E-state index contributed by atoms with van der Waals surface area (Å²) in [7, 11) is -8.34. The number of pyridine rings is 1. The molecule has 1 atom stereocenters. The monoisotopic (exact) mass is 572 g/mol. The van der Waals surface area contributed by atoms with Crippen LogP contribution in [0.4, 0.5) is 0 Å². The van der Waals surface area contributed by atoms with Crippen molar-refractivity contribution in [3.05, 3.63) is 52.9 Å². The molecule has 1 aromatic carbocycles. The average Bonchev–Trinajstić information content (AvgIpc) is 2.85. The van der Waals surface area contributed by atoms with E-state index in [0.717, 1.165) is 24.7 Å². The summed E-state index contributed by atoms with van der Waals surface area (Å²) in [6.07, 6.45) is 4.39. The third-order valence-electron chi connectivity index (χ3n) is 6.98. The van der Waals surface area contributed by atoms with E-state index in [1.54, 1.807) is 18.2 Å². The van der Waals surface area contributed by atoms with Crippen LogP contribution in [-0.4, -0.2) is 57.6 Å². The quantitative estimate of drug-likeness (QED) is 0.177. The standard InChI is InChI=1S/C24H33N2O10PS/c1-24(23(28)25-29,38(2,33)34)12-14-26-13-11-19(15-22(26)27)18-5-9-20(10-6-18)35-16-17-3-7-21(8-4-17)36-37(30,31)32/h5-6,9-11,13,15,17,21,29H,3-4,7-8,12,14,16H2,1-2H3,(H,25,28)(H2,30,31,32)/t17-,21-,24-/m1/s1. The summed E-state index contributed by atoms with van der Waals surface area (Å²) in [5.74, 6) is -0.154. The van der Waals surface area contributed by atoms with Crippen molar-refractivity contribution in [3.8, 4) is 16.9 Å². The predicted molar refractivity (Wildman–Crippen MR) is 138 cm³/mol. The minimum absolute atomic E-state index is 0.0454. The Morgan fingerprint density at radius 3 is 2.29 bits per heavy atom. The highest BCUT2D eigenvalue weighted by Gasteiger charge is 2.43. The highest BCUT2D eigenvalue weighted by Crippen LogP contribution is 2.41. The molecule has 0 spiro atoms. The van der Waals surface area contributed by atoms with E-state index < -0.39 is 34.4 Å². The minimum atomic E-state index is -4.47. The van der Waals surface area contributed by atoms with Gasteiger partial charge in [-0.05, 0) is 74.3 Å². The molecule has 0 saturated heterocycles. The number of hydrogen-bond donors (Lipinski definition) is 4. The number of carbonyl (C=O) groups excluding carboxylic acids is 1. The molecular formula is C24H33N2O10PS. The van der Waals surface area contributed by atoms with Gasteiger partial charge in [-0.1, -0.05) is 12.1 Å². The Morgan fingerprint density at radius 2 is 1.76 bits per heavy atom. The number of phosphoric acid groups is 1. The molecule has 0 bridgehead atoms. The van der Waals surface area contributed by atoms with E-state index in [9.17, 15) is 22.6 Å². The Kier molecular flexibility index (Phi) is 9.56. The van der Waals surface area contributed by atoms with Gasteiger partial charge in [0, 0.05) is 25.1 Å². The number of nitrogens with zero attached hydrogens (tertiary/aromatic N) is 1. The van der Waals surface area contributed by atoms with Crippen molar-refractivity contribution in [2.24, 2.45) is 5.92 Å². The number of carbonyl (C=O) groups is 1. The van der Waals surface area contributed by atoms with Crippen molar-refractivity contribution in [1.82, 2.24) is 10.0 Å². The number of nitrogens with one attached hydrogen (secondary N) is 1. The molecule has 1 amide bonds. The second kappa shape index (κ2) is 12.1. The van der Waals surface area contributed by atoms with E-state index in [1.165, 1.54) is 29.2 Å². The van der Waals surface area contributed by atoms with Crippen LogP contribution in [0.2, 0.25) is 0 Å². The van der Waals surface area contributed by atoms with E-state index in [-0.39, 0.29) is 24.4 Å². The predicted octanol–water partition coefficient (Wildman–Crippen LogP) is 2.26. The van der Waals surface area contributed by atoms with Gasteiger partial charge in [0.2, 0.25) is 0 Å². The number of rotatable bonds is 11. The topological polar surface area (TPSA) is 181 Å². The fourth-order valence-electron chi connectivity index (χ4n) is 4.35. The number of benzene rings is 1. The molecule has 1 aliphatic rings. The normalized spacial score (nSPS) is 19.9. The number of aryl methyl sites for hydroxylation is 1. The van der Waals surface area contributed by atoms with E-state index in [1.807, 2.05) is 12.1 Å². The van der Waals surface area contributed by atoms with Crippen molar-refractivity contribution in [2.45, 2.75) is 56.4 Å². The lowest BCUT2D eigenvalue weighted by Crippen LogP contribution is -2.49. The summed E-state index contributed by atoms with van der Waals surface area (Å²) in [6, 6.07) is 10.3. The van der Waals surface area contributed by atoms with Gasteiger partial charge < -0.3 is 19.1 Å². The lowest BCUT2D eigenvalue weighted by Gasteiger charge is -2.28. The molecule has 3 rings (SSSR count).